The zero-order valence-electron chi connectivity index (χ0n) is 14.8. The highest BCUT2D eigenvalue weighted by molar-refractivity contribution is 7.92. The Labute approximate surface area is 152 Å². The Hall–Kier alpha value is -2.94. The van der Waals surface area contributed by atoms with Gasteiger partial charge in [0, 0.05) is 31.2 Å². The number of nitrogens with one attached hydrogen (secondary N) is 2. The van der Waals surface area contributed by atoms with Crippen molar-refractivity contribution in [3.8, 4) is 17.2 Å². The van der Waals surface area contributed by atoms with Gasteiger partial charge in [0.1, 0.15) is 17.2 Å². The quantitative estimate of drug-likeness (QED) is 0.765. The summed E-state index contributed by atoms with van der Waals surface area (Å²) in [7, 11) is 0.433. The van der Waals surface area contributed by atoms with Crippen LogP contribution in [0.15, 0.2) is 41.3 Å². The van der Waals surface area contributed by atoms with E-state index in [1.807, 2.05) is 0 Å². The maximum absolute atomic E-state index is 12.7. The highest BCUT2D eigenvalue weighted by Gasteiger charge is 2.18. The number of carbonyl (C=O) groups is 1. The Morgan fingerprint density at radius 3 is 2.04 bits per heavy atom. The van der Waals surface area contributed by atoms with Crippen LogP contribution in [-0.4, -0.2) is 35.7 Å². The molecule has 0 atom stereocenters. The molecule has 0 aliphatic heterocycles. The van der Waals surface area contributed by atoms with E-state index in [-0.39, 0.29) is 22.2 Å². The second kappa shape index (κ2) is 7.96. The number of sulfonamides is 1. The number of benzene rings is 2. The minimum absolute atomic E-state index is 0.0229. The molecule has 140 valence electrons. The Kier molecular flexibility index (Phi) is 5.93. The third-order valence-corrected chi connectivity index (χ3v) is 4.78. The number of hydrogen-bond acceptors (Lipinski definition) is 6. The lowest BCUT2D eigenvalue weighted by Crippen LogP contribution is -2.14. The lowest BCUT2D eigenvalue weighted by Gasteiger charge is -2.13. The van der Waals surface area contributed by atoms with Crippen molar-refractivity contribution >= 4 is 27.3 Å². The van der Waals surface area contributed by atoms with Crippen LogP contribution in [0, 0.1) is 0 Å². The van der Waals surface area contributed by atoms with Crippen molar-refractivity contribution in [1.82, 2.24) is 0 Å². The first-order valence-corrected chi connectivity index (χ1v) is 8.99. The van der Waals surface area contributed by atoms with Gasteiger partial charge in [-0.15, -0.1) is 0 Å². The summed E-state index contributed by atoms with van der Waals surface area (Å²) in [5, 5.41) is 2.57. The first kappa shape index (κ1) is 19.4. The Balaban J connectivity index is 2.37. The summed E-state index contributed by atoms with van der Waals surface area (Å²) in [6.07, 6.45) is 0. The van der Waals surface area contributed by atoms with Crippen molar-refractivity contribution < 1.29 is 27.4 Å². The fourth-order valence-corrected chi connectivity index (χ4v) is 3.27. The Morgan fingerprint density at radius 1 is 0.923 bits per heavy atom. The molecule has 0 saturated heterocycles. The summed E-state index contributed by atoms with van der Waals surface area (Å²) >= 11 is 0. The number of amides is 1. The topological polar surface area (TPSA) is 103 Å². The molecule has 8 nitrogen and oxygen atoms in total. The lowest BCUT2D eigenvalue weighted by molar-refractivity contribution is -0.114. The smallest absolute Gasteiger partial charge is 0.262 e. The molecule has 2 rings (SSSR count). The monoisotopic (exact) mass is 380 g/mol. The Morgan fingerprint density at radius 2 is 1.54 bits per heavy atom. The van der Waals surface area contributed by atoms with E-state index < -0.39 is 10.0 Å². The molecule has 2 aromatic carbocycles. The summed E-state index contributed by atoms with van der Waals surface area (Å²) in [5.41, 5.74) is 0.660. The van der Waals surface area contributed by atoms with Gasteiger partial charge in [-0.05, 0) is 12.1 Å². The van der Waals surface area contributed by atoms with Gasteiger partial charge in [0.25, 0.3) is 10.0 Å². The molecule has 2 aromatic rings. The normalized spacial score (nSPS) is 10.8. The van der Waals surface area contributed by atoms with Gasteiger partial charge in [-0.25, -0.2) is 8.42 Å². The van der Waals surface area contributed by atoms with Gasteiger partial charge in [-0.2, -0.15) is 0 Å². The molecule has 0 radical (unpaired) electrons. The largest absolute Gasteiger partial charge is 0.497 e. The van der Waals surface area contributed by atoms with Crippen LogP contribution in [0.25, 0.3) is 0 Å². The first-order valence-electron chi connectivity index (χ1n) is 7.50. The van der Waals surface area contributed by atoms with Crippen LogP contribution in [0.1, 0.15) is 6.92 Å². The molecule has 0 fully saturated rings. The molecule has 2 N–H and O–H groups in total. The van der Waals surface area contributed by atoms with Crippen molar-refractivity contribution in [2.45, 2.75) is 11.8 Å². The summed E-state index contributed by atoms with van der Waals surface area (Å²) in [4.78, 5) is 11.2. The van der Waals surface area contributed by atoms with Crippen molar-refractivity contribution in [2.75, 3.05) is 31.4 Å². The minimum atomic E-state index is -3.89. The van der Waals surface area contributed by atoms with Crippen molar-refractivity contribution in [1.29, 1.82) is 0 Å². The number of rotatable bonds is 7. The summed E-state index contributed by atoms with van der Waals surface area (Å²) in [5.74, 6) is 0.827. The third kappa shape index (κ3) is 4.57. The summed E-state index contributed by atoms with van der Waals surface area (Å²) < 4.78 is 43.2. The van der Waals surface area contributed by atoms with Gasteiger partial charge >= 0.3 is 0 Å². The van der Waals surface area contributed by atoms with Crippen molar-refractivity contribution in [3.63, 3.8) is 0 Å². The average Bonchev–Trinajstić information content (AvgIpc) is 2.60. The highest BCUT2D eigenvalue weighted by Crippen LogP contribution is 2.30. The molecule has 26 heavy (non-hydrogen) atoms. The fraction of sp³-hybridized carbons (Fsp3) is 0.235. The van der Waals surface area contributed by atoms with E-state index >= 15 is 0 Å². The molecule has 9 heteroatoms. The highest BCUT2D eigenvalue weighted by atomic mass is 32.2. The SMILES string of the molecule is COc1cc(NS(=O)(=O)c2ccc(NC(C)=O)c(OC)c2)cc(OC)c1. The van der Waals surface area contributed by atoms with Crippen LogP contribution in [0.4, 0.5) is 11.4 Å². The predicted molar refractivity (Wildman–Crippen MR) is 97.7 cm³/mol. The number of anilines is 2. The van der Waals surface area contributed by atoms with Gasteiger partial charge in [0.05, 0.1) is 37.6 Å². The van der Waals surface area contributed by atoms with Crippen molar-refractivity contribution in [2.24, 2.45) is 0 Å². The predicted octanol–water partition coefficient (Wildman–Crippen LogP) is 2.47. The van der Waals surface area contributed by atoms with Gasteiger partial charge in [0.2, 0.25) is 5.91 Å². The van der Waals surface area contributed by atoms with E-state index in [0.717, 1.165) is 0 Å². The molecule has 0 spiro atoms. The molecule has 0 aliphatic rings. The van der Waals surface area contributed by atoms with Crippen LogP contribution in [0.5, 0.6) is 17.2 Å². The molecule has 0 heterocycles. The molecule has 0 aliphatic carbocycles. The Bertz CT molecular complexity index is 889. The molecule has 1 amide bonds. The minimum Gasteiger partial charge on any atom is -0.497 e. The van der Waals surface area contributed by atoms with Gasteiger partial charge in [-0.1, -0.05) is 0 Å². The molecule has 0 bridgehead atoms. The van der Waals surface area contributed by atoms with E-state index in [1.165, 1.54) is 58.6 Å². The van der Waals surface area contributed by atoms with Crippen LogP contribution in [0.3, 0.4) is 0 Å². The van der Waals surface area contributed by atoms with E-state index in [4.69, 9.17) is 14.2 Å². The molecule has 0 aromatic heterocycles. The molecular weight excluding hydrogens is 360 g/mol. The van der Waals surface area contributed by atoms with Crippen molar-refractivity contribution in [3.05, 3.63) is 36.4 Å². The van der Waals surface area contributed by atoms with Crippen LogP contribution in [-0.2, 0) is 14.8 Å². The lowest BCUT2D eigenvalue weighted by atomic mass is 10.3. The second-order valence-electron chi connectivity index (χ2n) is 5.25. The van der Waals surface area contributed by atoms with E-state index in [1.54, 1.807) is 6.07 Å². The van der Waals surface area contributed by atoms with E-state index in [2.05, 4.69) is 10.0 Å². The molecular formula is C17H20N2O6S. The maximum Gasteiger partial charge on any atom is 0.262 e. The van der Waals surface area contributed by atoms with Gasteiger partial charge in [0.15, 0.2) is 0 Å². The van der Waals surface area contributed by atoms with Crippen LogP contribution < -0.4 is 24.2 Å². The number of hydrogen-bond donors (Lipinski definition) is 2. The average molecular weight is 380 g/mol. The van der Waals surface area contributed by atoms with E-state index in [0.29, 0.717) is 17.2 Å². The summed E-state index contributed by atoms with van der Waals surface area (Å²) in [6.45, 7) is 1.35. The first-order chi connectivity index (χ1) is 12.3. The number of carbonyl (C=O) groups excluding carboxylic acids is 1. The number of ether oxygens (including phenoxy) is 3. The molecule has 0 saturated carbocycles. The second-order valence-corrected chi connectivity index (χ2v) is 6.93. The zero-order chi connectivity index (χ0) is 19.3. The zero-order valence-corrected chi connectivity index (χ0v) is 15.6. The van der Waals surface area contributed by atoms with Crippen LogP contribution >= 0.6 is 0 Å². The summed E-state index contributed by atoms with van der Waals surface area (Å²) in [6, 6.07) is 8.84. The third-order valence-electron chi connectivity index (χ3n) is 3.40. The standard InChI is InChI=1S/C17H20N2O6S/c1-11(20)18-16-6-5-15(10-17(16)25-4)26(21,22)19-12-7-13(23-2)9-14(8-12)24-3/h5-10,19H,1-4H3,(H,18,20). The van der Waals surface area contributed by atoms with Gasteiger partial charge < -0.3 is 19.5 Å². The fourth-order valence-electron chi connectivity index (χ4n) is 2.21. The maximum atomic E-state index is 12.7. The number of methoxy groups -OCH3 is 3. The van der Waals surface area contributed by atoms with Gasteiger partial charge in [-0.3, -0.25) is 9.52 Å². The van der Waals surface area contributed by atoms with E-state index in [9.17, 15) is 13.2 Å². The van der Waals surface area contributed by atoms with Crippen LogP contribution in [0.2, 0.25) is 0 Å². The molecule has 0 unspecified atom stereocenters.